The average molecular weight is 245 g/mol. The van der Waals surface area contributed by atoms with E-state index in [-0.39, 0.29) is 5.91 Å². The monoisotopic (exact) mass is 245 g/mol. The van der Waals surface area contributed by atoms with Crippen molar-refractivity contribution >= 4 is 17.4 Å². The zero-order valence-corrected chi connectivity index (χ0v) is 10.3. The molecule has 2 aromatic heterocycles. The minimum Gasteiger partial charge on any atom is -0.373 e. The van der Waals surface area contributed by atoms with E-state index in [1.165, 1.54) is 6.20 Å². The molecule has 0 saturated heterocycles. The van der Waals surface area contributed by atoms with Crippen LogP contribution >= 0.6 is 0 Å². The summed E-state index contributed by atoms with van der Waals surface area (Å²) < 4.78 is 1.75. The second-order valence-corrected chi connectivity index (χ2v) is 3.72. The van der Waals surface area contributed by atoms with Crippen LogP contribution in [0.5, 0.6) is 0 Å². The highest BCUT2D eigenvalue weighted by atomic mass is 16.1. The van der Waals surface area contributed by atoms with Gasteiger partial charge in [0, 0.05) is 26.0 Å². The van der Waals surface area contributed by atoms with Gasteiger partial charge in [-0.15, -0.1) is 0 Å². The summed E-state index contributed by atoms with van der Waals surface area (Å²) in [7, 11) is 1.78. The normalized spacial score (nSPS) is 10.1. The summed E-state index contributed by atoms with van der Waals surface area (Å²) in [4.78, 5) is 16.0. The maximum atomic E-state index is 11.9. The fourth-order valence-corrected chi connectivity index (χ4v) is 1.48. The third-order valence-electron chi connectivity index (χ3n) is 2.50. The number of rotatable bonds is 4. The molecular formula is C12H15N5O. The van der Waals surface area contributed by atoms with Crippen molar-refractivity contribution in [3.05, 3.63) is 36.3 Å². The van der Waals surface area contributed by atoms with Crippen LogP contribution in [0.3, 0.4) is 0 Å². The lowest BCUT2D eigenvalue weighted by Gasteiger charge is -2.03. The van der Waals surface area contributed by atoms with Gasteiger partial charge < -0.3 is 10.6 Å². The molecule has 94 valence electrons. The third-order valence-corrected chi connectivity index (χ3v) is 2.50. The van der Waals surface area contributed by atoms with Crippen LogP contribution in [0.2, 0.25) is 0 Å². The van der Waals surface area contributed by atoms with Gasteiger partial charge >= 0.3 is 0 Å². The third kappa shape index (κ3) is 2.65. The lowest BCUT2D eigenvalue weighted by Crippen LogP contribution is -2.11. The molecule has 0 aliphatic rings. The predicted octanol–water partition coefficient (Wildman–Crippen LogP) is 1.59. The van der Waals surface area contributed by atoms with Crippen molar-refractivity contribution in [2.45, 2.75) is 13.5 Å². The van der Waals surface area contributed by atoms with Crippen LogP contribution in [0, 0.1) is 0 Å². The lowest BCUT2D eigenvalue weighted by molar-refractivity contribution is 0.102. The summed E-state index contributed by atoms with van der Waals surface area (Å²) in [5, 5.41) is 9.75. The molecule has 2 aromatic rings. The number of hydrogen-bond acceptors (Lipinski definition) is 4. The van der Waals surface area contributed by atoms with Crippen molar-refractivity contribution in [2.75, 3.05) is 17.7 Å². The van der Waals surface area contributed by atoms with Crippen LogP contribution < -0.4 is 10.6 Å². The number of pyridine rings is 1. The molecule has 2 N–H and O–H groups in total. The van der Waals surface area contributed by atoms with Crippen LogP contribution in [-0.4, -0.2) is 27.7 Å². The molecule has 0 spiro atoms. The van der Waals surface area contributed by atoms with Crippen molar-refractivity contribution in [1.29, 1.82) is 0 Å². The van der Waals surface area contributed by atoms with Gasteiger partial charge in [-0.1, -0.05) is 0 Å². The van der Waals surface area contributed by atoms with E-state index < -0.39 is 0 Å². The summed E-state index contributed by atoms with van der Waals surface area (Å²) in [5.74, 6) is 0.533. The zero-order valence-electron chi connectivity index (χ0n) is 10.3. The topological polar surface area (TPSA) is 71.8 Å². The number of anilines is 2. The fourth-order valence-electron chi connectivity index (χ4n) is 1.48. The van der Waals surface area contributed by atoms with Crippen LogP contribution in [0.25, 0.3) is 0 Å². The van der Waals surface area contributed by atoms with Gasteiger partial charge in [0.1, 0.15) is 5.82 Å². The number of nitrogens with zero attached hydrogens (tertiary/aromatic N) is 3. The fraction of sp³-hybridized carbons (Fsp3) is 0.250. The first-order valence-corrected chi connectivity index (χ1v) is 5.70. The zero-order chi connectivity index (χ0) is 13.0. The maximum absolute atomic E-state index is 11.9. The summed E-state index contributed by atoms with van der Waals surface area (Å²) in [5.41, 5.74) is 1.19. The molecule has 0 atom stereocenters. The van der Waals surface area contributed by atoms with E-state index in [1.54, 1.807) is 36.3 Å². The molecule has 2 rings (SSSR count). The number of hydrogen-bond donors (Lipinski definition) is 2. The van der Waals surface area contributed by atoms with Crippen LogP contribution in [-0.2, 0) is 6.54 Å². The van der Waals surface area contributed by atoms with Gasteiger partial charge in [-0.3, -0.25) is 9.48 Å². The maximum Gasteiger partial charge on any atom is 0.257 e. The molecule has 6 nitrogen and oxygen atoms in total. The largest absolute Gasteiger partial charge is 0.373 e. The molecule has 0 bridgehead atoms. The second kappa shape index (κ2) is 5.31. The standard InChI is InChI=1S/C12H15N5O/c1-3-17-8-10(7-15-17)16-12(18)9-4-5-11(13-2)14-6-9/h4-8H,3H2,1-2H3,(H,13,14)(H,16,18). The van der Waals surface area contributed by atoms with Gasteiger partial charge in [-0.05, 0) is 19.1 Å². The van der Waals surface area contributed by atoms with E-state index in [1.807, 2.05) is 6.92 Å². The highest BCUT2D eigenvalue weighted by Crippen LogP contribution is 2.09. The summed E-state index contributed by atoms with van der Waals surface area (Å²) >= 11 is 0. The van der Waals surface area contributed by atoms with E-state index in [4.69, 9.17) is 0 Å². The number of aryl methyl sites for hydroxylation is 1. The van der Waals surface area contributed by atoms with E-state index in [0.29, 0.717) is 11.3 Å². The Kier molecular flexibility index (Phi) is 3.57. The van der Waals surface area contributed by atoms with Crippen molar-refractivity contribution in [3.63, 3.8) is 0 Å². The Morgan fingerprint density at radius 2 is 2.22 bits per heavy atom. The minimum atomic E-state index is -0.194. The molecule has 1 amide bonds. The number of carbonyl (C=O) groups is 1. The molecule has 0 saturated carbocycles. The summed E-state index contributed by atoms with van der Waals surface area (Å²) in [6.45, 7) is 2.76. The van der Waals surface area contributed by atoms with Crippen molar-refractivity contribution in [2.24, 2.45) is 0 Å². The van der Waals surface area contributed by atoms with E-state index >= 15 is 0 Å². The predicted molar refractivity (Wildman–Crippen MR) is 69.6 cm³/mol. The van der Waals surface area contributed by atoms with Gasteiger partial charge in [0.25, 0.3) is 5.91 Å². The number of carbonyl (C=O) groups excluding carboxylic acids is 1. The summed E-state index contributed by atoms with van der Waals surface area (Å²) in [6, 6.07) is 3.47. The quantitative estimate of drug-likeness (QED) is 0.858. The van der Waals surface area contributed by atoms with Crippen molar-refractivity contribution < 1.29 is 4.79 Å². The Morgan fingerprint density at radius 3 is 2.78 bits per heavy atom. The molecule has 6 heteroatoms. The van der Waals surface area contributed by atoms with E-state index in [9.17, 15) is 4.79 Å². The molecule has 0 aliphatic heterocycles. The Balaban J connectivity index is 2.06. The van der Waals surface area contributed by atoms with E-state index in [2.05, 4.69) is 20.7 Å². The number of amides is 1. The number of nitrogens with one attached hydrogen (secondary N) is 2. The average Bonchev–Trinajstić information content (AvgIpc) is 2.86. The van der Waals surface area contributed by atoms with Crippen LogP contribution in [0.4, 0.5) is 11.5 Å². The molecule has 2 heterocycles. The first-order valence-electron chi connectivity index (χ1n) is 5.70. The summed E-state index contributed by atoms with van der Waals surface area (Å²) in [6.07, 6.45) is 4.94. The Morgan fingerprint density at radius 1 is 1.39 bits per heavy atom. The molecule has 0 unspecified atom stereocenters. The SMILES string of the molecule is CCn1cc(NC(=O)c2ccc(NC)nc2)cn1. The Hall–Kier alpha value is -2.37. The molecule has 18 heavy (non-hydrogen) atoms. The first kappa shape index (κ1) is 12.1. The smallest absolute Gasteiger partial charge is 0.257 e. The van der Waals surface area contributed by atoms with Crippen LogP contribution in [0.15, 0.2) is 30.7 Å². The molecule has 0 fully saturated rings. The molecule has 0 radical (unpaired) electrons. The minimum absolute atomic E-state index is 0.194. The number of aromatic nitrogens is 3. The van der Waals surface area contributed by atoms with Gasteiger partial charge in [-0.2, -0.15) is 5.10 Å². The highest BCUT2D eigenvalue weighted by Gasteiger charge is 2.07. The Bertz CT molecular complexity index is 532. The lowest BCUT2D eigenvalue weighted by atomic mass is 10.2. The van der Waals surface area contributed by atoms with Gasteiger partial charge in [0.05, 0.1) is 17.4 Å². The van der Waals surface area contributed by atoms with Crippen LogP contribution in [0.1, 0.15) is 17.3 Å². The van der Waals surface area contributed by atoms with Gasteiger partial charge in [0.2, 0.25) is 0 Å². The van der Waals surface area contributed by atoms with Gasteiger partial charge in [-0.25, -0.2) is 4.98 Å². The van der Waals surface area contributed by atoms with Crippen molar-refractivity contribution in [3.8, 4) is 0 Å². The van der Waals surface area contributed by atoms with E-state index in [0.717, 1.165) is 12.4 Å². The molecule has 0 aliphatic carbocycles. The first-order chi connectivity index (χ1) is 8.72. The van der Waals surface area contributed by atoms with Crippen molar-refractivity contribution in [1.82, 2.24) is 14.8 Å². The molecular weight excluding hydrogens is 230 g/mol. The highest BCUT2D eigenvalue weighted by molar-refractivity contribution is 6.04. The second-order valence-electron chi connectivity index (χ2n) is 3.72. The van der Waals surface area contributed by atoms with Gasteiger partial charge in [0.15, 0.2) is 0 Å². The Labute approximate surface area is 105 Å². The molecule has 0 aromatic carbocycles.